The molecule has 1 atom stereocenters. The van der Waals surface area contributed by atoms with Crippen molar-refractivity contribution in [2.45, 2.75) is 12.2 Å². The molecular weight excluding hydrogens is 475 g/mol. The van der Waals surface area contributed by atoms with Crippen molar-refractivity contribution < 1.29 is 27.0 Å². The predicted molar refractivity (Wildman–Crippen MR) is 125 cm³/mol. The molecular formula is C21H24ClFN4O5S. The molecule has 0 aliphatic heterocycles. The molecule has 33 heavy (non-hydrogen) atoms. The number of hydrogen-bond acceptors (Lipinski definition) is 8. The summed E-state index contributed by atoms with van der Waals surface area (Å²) in [4.78, 5) is 8.44. The highest BCUT2D eigenvalue weighted by Gasteiger charge is 2.20. The average Bonchev–Trinajstić information content (AvgIpc) is 2.78. The van der Waals surface area contributed by atoms with E-state index in [1.54, 1.807) is 25.1 Å². The van der Waals surface area contributed by atoms with E-state index in [1.807, 2.05) is 0 Å². The first-order valence-electron chi connectivity index (χ1n) is 9.90. The van der Waals surface area contributed by atoms with Crippen LogP contribution in [0.3, 0.4) is 0 Å². The summed E-state index contributed by atoms with van der Waals surface area (Å²) in [5.41, 5.74) is 0.723. The number of ether oxygens (including phenoxy) is 3. The molecule has 3 aromatic rings. The van der Waals surface area contributed by atoms with Gasteiger partial charge in [0.15, 0.2) is 11.5 Å². The van der Waals surface area contributed by atoms with E-state index < -0.39 is 21.1 Å². The molecule has 2 aromatic carbocycles. The highest BCUT2D eigenvalue weighted by Crippen LogP contribution is 2.35. The minimum absolute atomic E-state index is 0.0595. The lowest BCUT2D eigenvalue weighted by Gasteiger charge is -2.15. The lowest BCUT2D eigenvalue weighted by Crippen LogP contribution is -2.37. The summed E-state index contributed by atoms with van der Waals surface area (Å²) in [6.07, 6.45) is 1.33. The van der Waals surface area contributed by atoms with E-state index in [-0.39, 0.29) is 30.5 Å². The molecule has 0 radical (unpaired) electrons. The van der Waals surface area contributed by atoms with Crippen molar-refractivity contribution in [1.29, 1.82) is 0 Å². The fourth-order valence-corrected chi connectivity index (χ4v) is 4.09. The number of benzene rings is 2. The molecule has 0 spiro atoms. The topological polar surface area (TPSA) is 112 Å². The Balaban J connectivity index is 1.77. The third kappa shape index (κ3) is 6.20. The highest BCUT2D eigenvalue weighted by molar-refractivity contribution is 7.90. The first kappa shape index (κ1) is 24.9. The molecule has 1 heterocycles. The normalized spacial score (nSPS) is 12.5. The van der Waals surface area contributed by atoms with Crippen molar-refractivity contribution in [2.24, 2.45) is 0 Å². The Morgan fingerprint density at radius 3 is 2.64 bits per heavy atom. The van der Waals surface area contributed by atoms with Crippen molar-refractivity contribution in [3.05, 3.63) is 47.5 Å². The van der Waals surface area contributed by atoms with Gasteiger partial charge in [0.05, 0.1) is 30.2 Å². The van der Waals surface area contributed by atoms with Crippen molar-refractivity contribution in [3.63, 3.8) is 0 Å². The molecule has 0 saturated heterocycles. The van der Waals surface area contributed by atoms with Crippen molar-refractivity contribution >= 4 is 44.0 Å². The van der Waals surface area contributed by atoms with E-state index in [4.69, 9.17) is 25.8 Å². The number of nitrogens with one attached hydrogen (secondary N) is 2. The maximum atomic E-state index is 14.2. The second kappa shape index (κ2) is 10.9. The van der Waals surface area contributed by atoms with E-state index in [0.717, 1.165) is 0 Å². The largest absolute Gasteiger partial charge is 0.493 e. The SMILES string of the molecule is COCC(C)S(=O)(=O)NCCOc1cc2ncnc(Nc3ccc(Cl)cc3F)c2cc1OC. The van der Waals surface area contributed by atoms with Crippen LogP contribution < -0.4 is 19.5 Å². The van der Waals surface area contributed by atoms with Crippen LogP contribution in [-0.2, 0) is 14.8 Å². The molecule has 0 aliphatic carbocycles. The summed E-state index contributed by atoms with van der Waals surface area (Å²) in [5, 5.41) is 3.10. The molecule has 3 rings (SSSR count). The molecule has 1 unspecified atom stereocenters. The fourth-order valence-electron chi connectivity index (χ4n) is 2.97. The van der Waals surface area contributed by atoms with E-state index in [1.165, 1.54) is 32.7 Å². The van der Waals surface area contributed by atoms with Gasteiger partial charge in [0.1, 0.15) is 24.6 Å². The van der Waals surface area contributed by atoms with Gasteiger partial charge in [-0.15, -0.1) is 0 Å². The third-order valence-electron chi connectivity index (χ3n) is 4.70. The third-order valence-corrected chi connectivity index (χ3v) is 6.74. The molecule has 2 N–H and O–H groups in total. The predicted octanol–water partition coefficient (Wildman–Crippen LogP) is 3.51. The zero-order valence-corrected chi connectivity index (χ0v) is 19.8. The lowest BCUT2D eigenvalue weighted by atomic mass is 10.2. The Labute approximate surface area is 196 Å². The first-order chi connectivity index (χ1) is 15.7. The average molecular weight is 499 g/mol. The van der Waals surface area contributed by atoms with Crippen LogP contribution in [0.25, 0.3) is 10.9 Å². The van der Waals surface area contributed by atoms with E-state index in [0.29, 0.717) is 28.2 Å². The van der Waals surface area contributed by atoms with E-state index >= 15 is 0 Å². The van der Waals surface area contributed by atoms with Crippen LogP contribution in [0.2, 0.25) is 5.02 Å². The smallest absolute Gasteiger partial charge is 0.216 e. The minimum Gasteiger partial charge on any atom is -0.493 e. The molecule has 0 aliphatic rings. The quantitative estimate of drug-likeness (QED) is 0.386. The molecule has 1 aromatic heterocycles. The number of fused-ring (bicyclic) bond motifs is 1. The monoisotopic (exact) mass is 498 g/mol. The Bertz CT molecular complexity index is 1230. The van der Waals surface area contributed by atoms with Crippen molar-refractivity contribution in [3.8, 4) is 11.5 Å². The van der Waals surface area contributed by atoms with Crippen LogP contribution in [0.1, 0.15) is 6.92 Å². The molecule has 12 heteroatoms. The summed E-state index contributed by atoms with van der Waals surface area (Å²) in [6.45, 7) is 1.77. The maximum Gasteiger partial charge on any atom is 0.216 e. The number of methoxy groups -OCH3 is 2. The zero-order valence-electron chi connectivity index (χ0n) is 18.3. The number of nitrogens with zero attached hydrogens (tertiary/aromatic N) is 2. The van der Waals surface area contributed by atoms with Gasteiger partial charge in [-0.25, -0.2) is 27.5 Å². The van der Waals surface area contributed by atoms with Gasteiger partial charge in [-0.2, -0.15) is 0 Å². The number of anilines is 2. The van der Waals surface area contributed by atoms with Gasteiger partial charge < -0.3 is 19.5 Å². The lowest BCUT2D eigenvalue weighted by molar-refractivity contribution is 0.200. The summed E-state index contributed by atoms with van der Waals surface area (Å²) in [6, 6.07) is 7.57. The van der Waals surface area contributed by atoms with Crippen LogP contribution in [0.5, 0.6) is 11.5 Å². The van der Waals surface area contributed by atoms with Gasteiger partial charge in [-0.05, 0) is 31.2 Å². The van der Waals surface area contributed by atoms with Crippen LogP contribution in [0.15, 0.2) is 36.7 Å². The molecule has 178 valence electrons. The summed E-state index contributed by atoms with van der Waals surface area (Å²) in [5.74, 6) is 0.596. The van der Waals surface area contributed by atoms with Gasteiger partial charge >= 0.3 is 0 Å². The number of hydrogen-bond donors (Lipinski definition) is 2. The van der Waals surface area contributed by atoms with E-state index in [9.17, 15) is 12.8 Å². The van der Waals surface area contributed by atoms with Crippen LogP contribution in [0.4, 0.5) is 15.9 Å². The number of sulfonamides is 1. The zero-order chi connectivity index (χ0) is 24.0. The molecule has 9 nitrogen and oxygen atoms in total. The summed E-state index contributed by atoms with van der Waals surface area (Å²) < 4.78 is 57.0. The maximum absolute atomic E-state index is 14.2. The van der Waals surface area contributed by atoms with E-state index in [2.05, 4.69) is 20.0 Å². The Hall–Kier alpha value is -2.73. The second-order valence-electron chi connectivity index (χ2n) is 7.05. The minimum atomic E-state index is -3.52. The number of aromatic nitrogens is 2. The molecule has 0 fully saturated rings. The van der Waals surface area contributed by atoms with Gasteiger partial charge in [0, 0.05) is 30.1 Å². The number of halogens is 2. The van der Waals surface area contributed by atoms with Crippen LogP contribution in [-0.4, -0.2) is 57.6 Å². The Kier molecular flexibility index (Phi) is 8.25. The van der Waals surface area contributed by atoms with Crippen LogP contribution in [0, 0.1) is 5.82 Å². The van der Waals surface area contributed by atoms with Crippen molar-refractivity contribution in [1.82, 2.24) is 14.7 Å². The highest BCUT2D eigenvalue weighted by atomic mass is 35.5. The van der Waals surface area contributed by atoms with Gasteiger partial charge in [-0.3, -0.25) is 0 Å². The van der Waals surface area contributed by atoms with Gasteiger partial charge in [-0.1, -0.05) is 11.6 Å². The molecule has 0 bridgehead atoms. The second-order valence-corrected chi connectivity index (χ2v) is 9.67. The summed E-state index contributed by atoms with van der Waals surface area (Å²) in [7, 11) is -0.610. The standard InChI is InChI=1S/C21H24ClFN4O5S/c1-13(11-30-2)33(28,29)26-6-7-32-20-10-18-15(9-19(20)31-3)21(25-12-24-18)27-17-5-4-14(22)8-16(17)23/h4-5,8-10,12-13,26H,6-7,11H2,1-3H3,(H,24,25,27). The Morgan fingerprint density at radius 2 is 1.94 bits per heavy atom. The van der Waals surface area contributed by atoms with Crippen LogP contribution >= 0.6 is 11.6 Å². The Morgan fingerprint density at radius 1 is 1.15 bits per heavy atom. The van der Waals surface area contributed by atoms with Gasteiger partial charge in [0.2, 0.25) is 10.0 Å². The fraction of sp³-hybridized carbons (Fsp3) is 0.333. The summed E-state index contributed by atoms with van der Waals surface area (Å²) >= 11 is 5.81. The molecule has 0 amide bonds. The molecule has 0 saturated carbocycles. The van der Waals surface area contributed by atoms with Gasteiger partial charge in [0.25, 0.3) is 0 Å². The van der Waals surface area contributed by atoms with Crippen molar-refractivity contribution in [2.75, 3.05) is 39.3 Å². The first-order valence-corrected chi connectivity index (χ1v) is 11.8. The number of rotatable bonds is 11.